The summed E-state index contributed by atoms with van der Waals surface area (Å²) in [4.78, 5) is 11.2. The van der Waals surface area contributed by atoms with Crippen molar-refractivity contribution >= 4 is 5.91 Å². The zero-order chi connectivity index (χ0) is 16.1. The molecule has 21 heavy (non-hydrogen) atoms. The Bertz CT molecular complexity index is 458. The van der Waals surface area contributed by atoms with Gasteiger partial charge in [-0.15, -0.1) is 0 Å². The van der Waals surface area contributed by atoms with Gasteiger partial charge in [0, 0.05) is 18.1 Å². The molecule has 1 atom stereocenters. The van der Waals surface area contributed by atoms with E-state index >= 15 is 0 Å². The van der Waals surface area contributed by atoms with Crippen LogP contribution in [0, 0.1) is 0 Å². The Morgan fingerprint density at radius 2 is 1.76 bits per heavy atom. The maximum Gasteiger partial charge on any atom is 0.397 e. The lowest BCUT2D eigenvalue weighted by atomic mass is 10.0. The van der Waals surface area contributed by atoms with Crippen LogP contribution in [0.15, 0.2) is 30.3 Å². The molecule has 1 aromatic rings. The topological polar surface area (TPSA) is 41.1 Å². The Balaban J connectivity index is 2.48. The van der Waals surface area contributed by atoms with Crippen LogP contribution in [0.1, 0.15) is 38.8 Å². The quantitative estimate of drug-likeness (QED) is 0.847. The van der Waals surface area contributed by atoms with E-state index in [4.69, 9.17) is 0 Å². The minimum atomic E-state index is -4.47. The first-order valence-electron chi connectivity index (χ1n) is 6.75. The van der Waals surface area contributed by atoms with Crippen LogP contribution in [0.25, 0.3) is 0 Å². The fraction of sp³-hybridized carbons (Fsp3) is 0.533. The van der Waals surface area contributed by atoms with Crippen LogP contribution >= 0.6 is 0 Å². The van der Waals surface area contributed by atoms with Crippen molar-refractivity contribution in [3.63, 3.8) is 0 Å². The van der Waals surface area contributed by atoms with Crippen LogP contribution in [-0.2, 0) is 4.79 Å². The van der Waals surface area contributed by atoms with Crippen LogP contribution < -0.4 is 10.6 Å². The summed E-state index contributed by atoms with van der Waals surface area (Å²) in [5.74, 6) is -1.01. The normalized spacial score (nSPS) is 13.8. The highest BCUT2D eigenvalue weighted by Gasteiger charge is 2.32. The van der Waals surface area contributed by atoms with Gasteiger partial charge < -0.3 is 10.6 Å². The van der Waals surface area contributed by atoms with Crippen LogP contribution in [-0.4, -0.2) is 24.2 Å². The van der Waals surface area contributed by atoms with Gasteiger partial charge in [0.25, 0.3) is 0 Å². The zero-order valence-corrected chi connectivity index (χ0v) is 12.4. The molecular weight excluding hydrogens is 281 g/mol. The first kappa shape index (κ1) is 17.5. The zero-order valence-electron chi connectivity index (χ0n) is 12.4. The maximum atomic E-state index is 12.1. The predicted octanol–water partition coefficient (Wildman–Crippen LogP) is 3.18. The van der Waals surface area contributed by atoms with Crippen molar-refractivity contribution in [2.75, 3.05) is 6.54 Å². The monoisotopic (exact) mass is 302 g/mol. The molecule has 0 aromatic heterocycles. The van der Waals surface area contributed by atoms with E-state index in [1.54, 1.807) is 0 Å². The van der Waals surface area contributed by atoms with Crippen molar-refractivity contribution in [3.05, 3.63) is 35.9 Å². The van der Waals surface area contributed by atoms with E-state index in [0.717, 1.165) is 5.56 Å². The van der Waals surface area contributed by atoms with Crippen molar-refractivity contribution < 1.29 is 18.0 Å². The molecule has 1 amide bonds. The molecule has 0 aliphatic carbocycles. The van der Waals surface area contributed by atoms with E-state index in [1.165, 1.54) is 0 Å². The lowest BCUT2D eigenvalue weighted by molar-refractivity contribution is -0.153. The summed E-state index contributed by atoms with van der Waals surface area (Å²) in [6.07, 6.45) is -5.92. The Labute approximate surface area is 122 Å². The fourth-order valence-corrected chi connectivity index (χ4v) is 2.03. The second-order valence-electron chi connectivity index (χ2n) is 5.73. The second kappa shape index (κ2) is 6.93. The van der Waals surface area contributed by atoms with Crippen molar-refractivity contribution in [3.8, 4) is 0 Å². The third-order valence-electron chi connectivity index (χ3n) is 3.00. The van der Waals surface area contributed by atoms with E-state index in [-0.39, 0.29) is 12.6 Å². The van der Waals surface area contributed by atoms with Gasteiger partial charge in [-0.2, -0.15) is 13.2 Å². The van der Waals surface area contributed by atoms with Gasteiger partial charge in [0.15, 0.2) is 0 Å². The minimum Gasteiger partial charge on any atom is -0.354 e. The highest BCUT2D eigenvalue weighted by Crippen LogP contribution is 2.19. The van der Waals surface area contributed by atoms with Crippen LogP contribution in [0.4, 0.5) is 13.2 Å². The largest absolute Gasteiger partial charge is 0.397 e. The number of carbonyl (C=O) groups excluding carboxylic acids is 1. The fourth-order valence-electron chi connectivity index (χ4n) is 2.03. The van der Waals surface area contributed by atoms with Crippen molar-refractivity contribution in [1.82, 2.24) is 10.6 Å². The van der Waals surface area contributed by atoms with Gasteiger partial charge in [-0.25, -0.2) is 0 Å². The molecule has 118 valence electrons. The van der Waals surface area contributed by atoms with E-state index in [1.807, 2.05) is 51.1 Å². The Kier molecular flexibility index (Phi) is 5.78. The number of hydrogen-bond donors (Lipinski definition) is 2. The smallest absolute Gasteiger partial charge is 0.354 e. The van der Waals surface area contributed by atoms with Crippen LogP contribution in [0.5, 0.6) is 0 Å². The molecule has 0 fully saturated rings. The SMILES string of the molecule is C[C@H](NC(C)(C)CNC(=O)CC(F)(F)F)c1ccccc1. The molecule has 2 N–H and O–H groups in total. The summed E-state index contributed by atoms with van der Waals surface area (Å²) in [5.41, 5.74) is 0.559. The van der Waals surface area contributed by atoms with Gasteiger partial charge in [-0.05, 0) is 26.3 Å². The van der Waals surface area contributed by atoms with E-state index in [0.29, 0.717) is 0 Å². The van der Waals surface area contributed by atoms with Crippen molar-refractivity contribution in [1.29, 1.82) is 0 Å². The van der Waals surface area contributed by atoms with Gasteiger partial charge in [-0.3, -0.25) is 4.79 Å². The lowest BCUT2D eigenvalue weighted by Crippen LogP contribution is -2.50. The summed E-state index contributed by atoms with van der Waals surface area (Å²) in [6, 6.07) is 9.72. The molecular formula is C15H21F3N2O. The summed E-state index contributed by atoms with van der Waals surface area (Å²) in [5, 5.41) is 5.61. The summed E-state index contributed by atoms with van der Waals surface area (Å²) < 4.78 is 36.2. The molecule has 6 heteroatoms. The standard InChI is InChI=1S/C15H21F3N2O/c1-11(12-7-5-4-6-8-12)20-14(2,3)10-19-13(21)9-15(16,17)18/h4-8,11,20H,9-10H2,1-3H3,(H,19,21)/t11-/m0/s1. The predicted molar refractivity (Wildman–Crippen MR) is 75.8 cm³/mol. The number of amides is 1. The third kappa shape index (κ3) is 7.13. The first-order valence-corrected chi connectivity index (χ1v) is 6.75. The van der Waals surface area contributed by atoms with Gasteiger partial charge in [-0.1, -0.05) is 30.3 Å². The Morgan fingerprint density at radius 3 is 2.29 bits per heavy atom. The average molecular weight is 302 g/mol. The second-order valence-corrected chi connectivity index (χ2v) is 5.73. The summed E-state index contributed by atoms with van der Waals surface area (Å²) in [7, 11) is 0. The van der Waals surface area contributed by atoms with Gasteiger partial charge in [0.05, 0.1) is 0 Å². The van der Waals surface area contributed by atoms with E-state index in [9.17, 15) is 18.0 Å². The molecule has 0 unspecified atom stereocenters. The Hall–Kier alpha value is -1.56. The minimum absolute atomic E-state index is 0.0284. The van der Waals surface area contributed by atoms with Crippen molar-refractivity contribution in [2.45, 2.75) is 44.9 Å². The number of carbonyl (C=O) groups is 1. The molecule has 0 saturated heterocycles. The molecule has 0 radical (unpaired) electrons. The van der Waals surface area contributed by atoms with E-state index in [2.05, 4.69) is 10.6 Å². The molecule has 3 nitrogen and oxygen atoms in total. The van der Waals surface area contributed by atoms with Crippen molar-refractivity contribution in [2.24, 2.45) is 0 Å². The molecule has 0 aliphatic rings. The number of hydrogen-bond acceptors (Lipinski definition) is 2. The summed E-state index contributed by atoms with van der Waals surface area (Å²) in [6.45, 7) is 5.76. The van der Waals surface area contributed by atoms with E-state index < -0.39 is 24.0 Å². The summed E-state index contributed by atoms with van der Waals surface area (Å²) >= 11 is 0. The number of alkyl halides is 3. The molecule has 0 heterocycles. The number of nitrogens with one attached hydrogen (secondary N) is 2. The first-order chi connectivity index (χ1) is 9.59. The van der Waals surface area contributed by atoms with Gasteiger partial charge in [0.1, 0.15) is 6.42 Å². The molecule has 0 spiro atoms. The molecule has 1 aromatic carbocycles. The average Bonchev–Trinajstić information content (AvgIpc) is 2.35. The van der Waals surface area contributed by atoms with Gasteiger partial charge >= 0.3 is 6.18 Å². The van der Waals surface area contributed by atoms with Crippen LogP contribution in [0.3, 0.4) is 0 Å². The third-order valence-corrected chi connectivity index (χ3v) is 3.00. The molecule has 0 bridgehead atoms. The number of halogens is 3. The highest BCUT2D eigenvalue weighted by molar-refractivity contribution is 5.76. The lowest BCUT2D eigenvalue weighted by Gasteiger charge is -2.31. The van der Waals surface area contributed by atoms with Gasteiger partial charge in [0.2, 0.25) is 5.91 Å². The number of benzene rings is 1. The molecule has 1 rings (SSSR count). The number of rotatable bonds is 6. The highest BCUT2D eigenvalue weighted by atomic mass is 19.4. The maximum absolute atomic E-state index is 12.1. The molecule has 0 saturated carbocycles. The Morgan fingerprint density at radius 1 is 1.19 bits per heavy atom. The van der Waals surface area contributed by atoms with Crippen LogP contribution in [0.2, 0.25) is 0 Å². The molecule has 0 aliphatic heterocycles.